The fourth-order valence-electron chi connectivity index (χ4n) is 6.31. The number of hydrogen-bond donors (Lipinski definition) is 0. The summed E-state index contributed by atoms with van der Waals surface area (Å²) < 4.78 is 26.2. The monoisotopic (exact) mass is 450 g/mol. The molecule has 2 nitrogen and oxygen atoms in total. The van der Waals surface area contributed by atoms with Crippen molar-refractivity contribution in [2.24, 2.45) is 23.7 Å². The highest BCUT2D eigenvalue weighted by atomic mass is 19.1. The first-order chi connectivity index (χ1) is 16.1. The van der Waals surface area contributed by atoms with E-state index < -0.39 is 6.29 Å². The Morgan fingerprint density at radius 3 is 1.85 bits per heavy atom. The Hall–Kier alpha value is -1.71. The molecule has 3 heteroatoms. The first-order valence-corrected chi connectivity index (χ1v) is 13.2. The topological polar surface area (TPSA) is 18.5 Å². The van der Waals surface area contributed by atoms with Crippen LogP contribution in [0.3, 0.4) is 0 Å². The molecule has 33 heavy (non-hydrogen) atoms. The number of rotatable bonds is 4. The highest BCUT2D eigenvalue weighted by molar-refractivity contribution is 5.64. The average Bonchev–Trinajstić information content (AvgIpc) is 2.85. The molecule has 1 heterocycles. The van der Waals surface area contributed by atoms with Crippen LogP contribution in [0.5, 0.6) is 0 Å². The largest absolute Gasteiger partial charge is 0.348 e. The smallest absolute Gasteiger partial charge is 0.186 e. The molecule has 2 saturated carbocycles. The molecule has 2 aromatic carbocycles. The van der Waals surface area contributed by atoms with Gasteiger partial charge in [0.25, 0.3) is 0 Å². The summed E-state index contributed by atoms with van der Waals surface area (Å²) in [6, 6.07) is 14.3. The van der Waals surface area contributed by atoms with E-state index in [1.807, 2.05) is 12.1 Å². The van der Waals surface area contributed by atoms with Gasteiger partial charge in [-0.2, -0.15) is 0 Å². The van der Waals surface area contributed by atoms with Crippen molar-refractivity contribution in [3.63, 3.8) is 0 Å². The Morgan fingerprint density at radius 1 is 0.667 bits per heavy atom. The van der Waals surface area contributed by atoms with Crippen molar-refractivity contribution in [3.05, 3.63) is 59.4 Å². The van der Waals surface area contributed by atoms with Gasteiger partial charge in [-0.25, -0.2) is 4.39 Å². The third kappa shape index (κ3) is 5.35. The van der Waals surface area contributed by atoms with Crippen LogP contribution in [0.2, 0.25) is 0 Å². The van der Waals surface area contributed by atoms with Gasteiger partial charge in [0.2, 0.25) is 0 Å². The summed E-state index contributed by atoms with van der Waals surface area (Å²) in [4.78, 5) is 0. The number of benzene rings is 2. The molecule has 2 aromatic rings. The Balaban J connectivity index is 1.19. The summed E-state index contributed by atoms with van der Waals surface area (Å²) in [6.07, 6.45) is 10.6. The van der Waals surface area contributed by atoms with E-state index in [1.54, 1.807) is 6.07 Å². The minimum atomic E-state index is -0.593. The lowest BCUT2D eigenvalue weighted by Crippen LogP contribution is -2.25. The predicted molar refractivity (Wildman–Crippen MR) is 131 cm³/mol. The van der Waals surface area contributed by atoms with Crippen molar-refractivity contribution >= 4 is 0 Å². The molecule has 0 unspecified atom stereocenters. The van der Waals surface area contributed by atoms with Crippen molar-refractivity contribution in [2.45, 2.75) is 77.4 Å². The minimum Gasteiger partial charge on any atom is -0.348 e. The van der Waals surface area contributed by atoms with Crippen LogP contribution in [-0.2, 0) is 9.47 Å². The van der Waals surface area contributed by atoms with Gasteiger partial charge in [0.1, 0.15) is 5.82 Å². The Labute approximate surface area is 198 Å². The predicted octanol–water partition coefficient (Wildman–Crippen LogP) is 8.27. The van der Waals surface area contributed by atoms with Crippen LogP contribution in [0.1, 0.15) is 88.5 Å². The van der Waals surface area contributed by atoms with E-state index in [9.17, 15) is 4.39 Å². The summed E-state index contributed by atoms with van der Waals surface area (Å²) in [6.45, 7) is 5.70. The minimum absolute atomic E-state index is 0.258. The number of halogens is 1. The second-order valence-corrected chi connectivity index (χ2v) is 11.1. The second kappa shape index (κ2) is 10.3. The van der Waals surface area contributed by atoms with Crippen molar-refractivity contribution in [3.8, 4) is 11.1 Å². The fraction of sp³-hybridized carbons (Fsp3) is 0.600. The fourth-order valence-corrected chi connectivity index (χ4v) is 6.31. The summed E-state index contributed by atoms with van der Waals surface area (Å²) in [7, 11) is 0. The molecule has 5 rings (SSSR count). The van der Waals surface area contributed by atoms with Gasteiger partial charge in [-0.05, 0) is 85.0 Å². The Kier molecular flexibility index (Phi) is 7.18. The van der Waals surface area contributed by atoms with Crippen LogP contribution in [0.25, 0.3) is 11.1 Å². The average molecular weight is 451 g/mol. The van der Waals surface area contributed by atoms with E-state index in [0.717, 1.165) is 28.9 Å². The molecular weight excluding hydrogens is 411 g/mol. The SMILES string of the molecule is CC1CCC(C2CCC(c3ccc(-c4ccc(C5OCC(C)CO5)c(F)c4)cc3)CC2)CC1. The van der Waals surface area contributed by atoms with Crippen molar-refractivity contribution in [1.29, 1.82) is 0 Å². The molecule has 0 radical (unpaired) electrons. The quantitative estimate of drug-likeness (QED) is 0.466. The molecule has 0 aromatic heterocycles. The third-order valence-corrected chi connectivity index (χ3v) is 8.53. The molecule has 0 atom stereocenters. The first kappa shape index (κ1) is 23.1. The Morgan fingerprint density at radius 2 is 1.24 bits per heavy atom. The van der Waals surface area contributed by atoms with Gasteiger partial charge in [-0.15, -0.1) is 0 Å². The maximum absolute atomic E-state index is 14.8. The summed E-state index contributed by atoms with van der Waals surface area (Å²) >= 11 is 0. The summed E-state index contributed by atoms with van der Waals surface area (Å²) in [5.74, 6) is 3.66. The molecule has 1 aliphatic heterocycles. The summed E-state index contributed by atoms with van der Waals surface area (Å²) in [5.41, 5.74) is 3.91. The summed E-state index contributed by atoms with van der Waals surface area (Å²) in [5, 5.41) is 0. The maximum Gasteiger partial charge on any atom is 0.186 e. The standard InChI is InChI=1S/C30H39FO2/c1-20-3-5-22(6-4-20)23-7-9-24(10-8-23)25-11-13-26(14-12-25)27-15-16-28(29(31)17-27)30-32-18-21(2)19-33-30/h11-17,20-24,30H,3-10,18-19H2,1-2H3. The van der Waals surface area contributed by atoms with Crippen LogP contribution in [0.15, 0.2) is 42.5 Å². The van der Waals surface area contributed by atoms with Crippen molar-refractivity contribution in [1.82, 2.24) is 0 Å². The normalized spacial score (nSPS) is 33.1. The molecule has 0 spiro atoms. The van der Waals surface area contributed by atoms with Crippen LogP contribution >= 0.6 is 0 Å². The molecule has 0 amide bonds. The van der Waals surface area contributed by atoms with Gasteiger partial charge >= 0.3 is 0 Å². The molecule has 0 N–H and O–H groups in total. The molecular formula is C30H39FO2. The third-order valence-electron chi connectivity index (χ3n) is 8.53. The van der Waals surface area contributed by atoms with Crippen molar-refractivity contribution < 1.29 is 13.9 Å². The zero-order valence-electron chi connectivity index (χ0n) is 20.3. The second-order valence-electron chi connectivity index (χ2n) is 11.1. The lowest BCUT2D eigenvalue weighted by Gasteiger charge is -2.37. The first-order valence-electron chi connectivity index (χ1n) is 13.2. The zero-order valence-corrected chi connectivity index (χ0v) is 20.3. The molecule has 1 saturated heterocycles. The molecule has 3 fully saturated rings. The lowest BCUT2D eigenvalue weighted by atomic mass is 9.68. The van der Waals surface area contributed by atoms with E-state index in [1.165, 1.54) is 56.9 Å². The van der Waals surface area contributed by atoms with Crippen LogP contribution in [0, 0.1) is 29.5 Å². The highest BCUT2D eigenvalue weighted by Gasteiger charge is 2.30. The van der Waals surface area contributed by atoms with Crippen LogP contribution in [-0.4, -0.2) is 13.2 Å². The van der Waals surface area contributed by atoms with E-state index in [2.05, 4.69) is 38.1 Å². The van der Waals surface area contributed by atoms with Gasteiger partial charge in [0, 0.05) is 11.5 Å². The van der Waals surface area contributed by atoms with Gasteiger partial charge in [0.15, 0.2) is 6.29 Å². The van der Waals surface area contributed by atoms with Gasteiger partial charge in [-0.1, -0.05) is 63.1 Å². The number of hydrogen-bond acceptors (Lipinski definition) is 2. The van der Waals surface area contributed by atoms with Gasteiger partial charge < -0.3 is 9.47 Å². The molecule has 3 aliphatic rings. The van der Waals surface area contributed by atoms with Crippen LogP contribution in [0.4, 0.5) is 4.39 Å². The Bertz CT molecular complexity index is 899. The van der Waals surface area contributed by atoms with Gasteiger partial charge in [0.05, 0.1) is 13.2 Å². The van der Waals surface area contributed by atoms with Crippen LogP contribution < -0.4 is 0 Å². The lowest BCUT2D eigenvalue weighted by molar-refractivity contribution is -0.203. The zero-order chi connectivity index (χ0) is 22.8. The van der Waals surface area contributed by atoms with E-state index in [4.69, 9.17) is 9.47 Å². The van der Waals surface area contributed by atoms with E-state index in [0.29, 0.717) is 30.6 Å². The van der Waals surface area contributed by atoms with E-state index in [-0.39, 0.29) is 5.82 Å². The number of ether oxygens (including phenoxy) is 2. The molecule has 2 aliphatic carbocycles. The molecule has 178 valence electrons. The highest BCUT2D eigenvalue weighted by Crippen LogP contribution is 2.44. The van der Waals surface area contributed by atoms with E-state index >= 15 is 0 Å². The maximum atomic E-state index is 14.8. The molecule has 0 bridgehead atoms. The van der Waals surface area contributed by atoms with Gasteiger partial charge in [-0.3, -0.25) is 0 Å². The van der Waals surface area contributed by atoms with Crippen molar-refractivity contribution in [2.75, 3.05) is 13.2 Å².